The van der Waals surface area contributed by atoms with Gasteiger partial charge in [0.2, 0.25) is 5.91 Å². The number of hydrogen-bond acceptors (Lipinski definition) is 3. The maximum absolute atomic E-state index is 12.5. The van der Waals surface area contributed by atoms with E-state index in [0.29, 0.717) is 29.5 Å². The molecule has 0 radical (unpaired) electrons. The highest BCUT2D eigenvalue weighted by molar-refractivity contribution is 6.33. The molecule has 1 saturated heterocycles. The number of rotatable bonds is 2. The topological polar surface area (TPSA) is 70.7 Å². The van der Waals surface area contributed by atoms with Crippen LogP contribution in [0.25, 0.3) is 0 Å². The lowest BCUT2D eigenvalue weighted by Crippen LogP contribution is -2.54. The van der Waals surface area contributed by atoms with Gasteiger partial charge in [0.25, 0.3) is 0 Å². The van der Waals surface area contributed by atoms with Crippen molar-refractivity contribution in [1.82, 2.24) is 4.90 Å². The second-order valence-corrected chi connectivity index (χ2v) is 6.78. The Morgan fingerprint density at radius 2 is 2.04 bits per heavy atom. The summed E-state index contributed by atoms with van der Waals surface area (Å²) in [4.78, 5) is 25.3. The zero-order valence-corrected chi connectivity index (χ0v) is 14.5. The van der Waals surface area contributed by atoms with Crippen LogP contribution in [0.4, 0.5) is 16.2 Å². The molecule has 1 aromatic rings. The summed E-state index contributed by atoms with van der Waals surface area (Å²) in [6.07, 6.45) is -0.0364. The molecule has 0 saturated carbocycles. The first-order valence-electron chi connectivity index (χ1n) is 7.47. The Hall–Kier alpha value is -1.79. The molecule has 1 atom stereocenters. The minimum absolute atomic E-state index is 0.0364. The lowest BCUT2D eigenvalue weighted by Gasteiger charge is -2.41. The lowest BCUT2D eigenvalue weighted by molar-refractivity contribution is -0.116. The van der Waals surface area contributed by atoms with Crippen molar-refractivity contribution in [2.24, 2.45) is 0 Å². The van der Waals surface area contributed by atoms with Crippen molar-refractivity contribution in [2.75, 3.05) is 23.7 Å². The Morgan fingerprint density at radius 1 is 1.35 bits per heavy atom. The summed E-state index contributed by atoms with van der Waals surface area (Å²) in [5.41, 5.74) is 0.643. The molecule has 23 heavy (non-hydrogen) atoms. The van der Waals surface area contributed by atoms with Crippen LogP contribution in [0, 0.1) is 0 Å². The number of anilines is 2. The lowest BCUT2D eigenvalue weighted by atomic mass is 10.1. The molecule has 3 amide bonds. The van der Waals surface area contributed by atoms with Gasteiger partial charge < -0.3 is 20.3 Å². The first kappa shape index (κ1) is 17.6. The van der Waals surface area contributed by atoms with Crippen LogP contribution in [0.5, 0.6) is 0 Å². The Kier molecular flexibility index (Phi) is 5.16. The highest BCUT2D eigenvalue weighted by Gasteiger charge is 2.33. The fourth-order valence-corrected chi connectivity index (χ4v) is 2.87. The Balaban J connectivity index is 2.12. The zero-order chi connectivity index (χ0) is 17.2. The molecule has 0 spiro atoms. The van der Waals surface area contributed by atoms with Crippen molar-refractivity contribution in [1.29, 1.82) is 0 Å². The summed E-state index contributed by atoms with van der Waals surface area (Å²) in [7, 11) is 0. The smallest absolute Gasteiger partial charge is 0.322 e. The number of carbonyl (C=O) groups excluding carboxylic acids is 2. The number of urea groups is 1. The molecule has 2 rings (SSSR count). The van der Waals surface area contributed by atoms with Crippen molar-refractivity contribution in [3.05, 3.63) is 23.2 Å². The van der Waals surface area contributed by atoms with Gasteiger partial charge >= 0.3 is 6.03 Å². The van der Waals surface area contributed by atoms with Crippen molar-refractivity contribution in [3.8, 4) is 0 Å². The molecule has 1 aliphatic rings. The maximum atomic E-state index is 12.5. The van der Waals surface area contributed by atoms with Crippen LogP contribution in [-0.4, -0.2) is 41.6 Å². The third-order valence-corrected chi connectivity index (χ3v) is 3.71. The van der Waals surface area contributed by atoms with Gasteiger partial charge in [-0.05, 0) is 39.0 Å². The van der Waals surface area contributed by atoms with Crippen molar-refractivity contribution < 1.29 is 14.3 Å². The molecule has 1 aromatic carbocycles. The summed E-state index contributed by atoms with van der Waals surface area (Å²) in [5.74, 6) is -0.187. The van der Waals surface area contributed by atoms with Gasteiger partial charge in [0.1, 0.15) is 0 Å². The first-order valence-corrected chi connectivity index (χ1v) is 7.85. The number of benzene rings is 1. The molecule has 0 aromatic heterocycles. The molecule has 7 heteroatoms. The molecule has 0 bridgehead atoms. The first-order chi connectivity index (χ1) is 10.7. The van der Waals surface area contributed by atoms with Gasteiger partial charge in [0.15, 0.2) is 0 Å². The molecular formula is C16H22ClN3O3. The number of halogens is 1. The average Bonchev–Trinajstić information content (AvgIpc) is 2.39. The summed E-state index contributed by atoms with van der Waals surface area (Å²) in [6, 6.07) is 4.71. The molecular weight excluding hydrogens is 318 g/mol. The molecule has 1 heterocycles. The van der Waals surface area contributed by atoms with Gasteiger partial charge in [-0.25, -0.2) is 4.79 Å². The minimum atomic E-state index is -0.392. The van der Waals surface area contributed by atoms with E-state index in [0.717, 1.165) is 0 Å². The number of ether oxygens (including phenoxy) is 1. The maximum Gasteiger partial charge on any atom is 0.322 e. The molecule has 1 aliphatic heterocycles. The molecule has 0 unspecified atom stereocenters. The van der Waals surface area contributed by atoms with E-state index >= 15 is 0 Å². The molecule has 2 N–H and O–H groups in total. The Bertz CT molecular complexity index is 619. The van der Waals surface area contributed by atoms with Crippen LogP contribution in [0.15, 0.2) is 18.2 Å². The van der Waals surface area contributed by atoms with E-state index in [1.165, 1.54) is 6.92 Å². The van der Waals surface area contributed by atoms with Gasteiger partial charge in [0.05, 0.1) is 29.0 Å². The normalized spacial score (nSPS) is 20.0. The summed E-state index contributed by atoms with van der Waals surface area (Å²) in [6.45, 7) is 8.26. The number of amides is 3. The predicted molar refractivity (Wildman–Crippen MR) is 91.0 cm³/mol. The third-order valence-electron chi connectivity index (χ3n) is 3.38. The summed E-state index contributed by atoms with van der Waals surface area (Å²) < 4.78 is 5.80. The fraction of sp³-hybridized carbons (Fsp3) is 0.500. The monoisotopic (exact) mass is 339 g/mol. The van der Waals surface area contributed by atoms with Gasteiger partial charge in [-0.2, -0.15) is 0 Å². The van der Waals surface area contributed by atoms with Gasteiger partial charge in [-0.1, -0.05) is 11.6 Å². The van der Waals surface area contributed by atoms with E-state index in [1.807, 2.05) is 20.8 Å². The highest BCUT2D eigenvalue weighted by Crippen LogP contribution is 2.27. The second kappa shape index (κ2) is 6.76. The molecule has 6 nitrogen and oxygen atoms in total. The van der Waals surface area contributed by atoms with Gasteiger partial charge in [-0.3, -0.25) is 4.79 Å². The van der Waals surface area contributed by atoms with E-state index in [4.69, 9.17) is 16.3 Å². The van der Waals surface area contributed by atoms with Gasteiger partial charge in [-0.15, -0.1) is 0 Å². The highest BCUT2D eigenvalue weighted by atomic mass is 35.5. The Morgan fingerprint density at radius 3 is 2.65 bits per heavy atom. The van der Waals surface area contributed by atoms with Crippen molar-refractivity contribution in [2.45, 2.75) is 39.4 Å². The van der Waals surface area contributed by atoms with E-state index in [2.05, 4.69) is 10.6 Å². The van der Waals surface area contributed by atoms with E-state index in [1.54, 1.807) is 23.1 Å². The van der Waals surface area contributed by atoms with Crippen LogP contribution in [-0.2, 0) is 9.53 Å². The third kappa shape index (κ3) is 4.84. The summed E-state index contributed by atoms with van der Waals surface area (Å²) in [5, 5.41) is 5.87. The van der Waals surface area contributed by atoms with Crippen LogP contribution in [0.2, 0.25) is 5.02 Å². The summed E-state index contributed by atoms with van der Waals surface area (Å²) >= 11 is 6.13. The van der Waals surface area contributed by atoms with E-state index in [-0.39, 0.29) is 18.0 Å². The molecule has 126 valence electrons. The van der Waals surface area contributed by atoms with Crippen molar-refractivity contribution >= 4 is 34.9 Å². The average molecular weight is 340 g/mol. The quantitative estimate of drug-likeness (QED) is 0.868. The fourth-order valence-electron chi connectivity index (χ4n) is 2.70. The zero-order valence-electron chi connectivity index (χ0n) is 13.8. The number of hydrogen-bond donors (Lipinski definition) is 2. The van der Waals surface area contributed by atoms with Crippen LogP contribution >= 0.6 is 11.6 Å². The largest absolute Gasteiger partial charge is 0.369 e. The minimum Gasteiger partial charge on any atom is -0.369 e. The predicted octanol–water partition coefficient (Wildman–Crippen LogP) is 3.33. The number of nitrogens with one attached hydrogen (secondary N) is 2. The SMILES string of the molecule is CC(=O)Nc1ccc(Cl)c(NC(=O)N2C[C@@H](C)OC(C)(C)C2)c1. The Labute approximate surface area is 141 Å². The van der Waals surface area contributed by atoms with Crippen molar-refractivity contribution in [3.63, 3.8) is 0 Å². The number of carbonyl (C=O) groups is 2. The van der Waals surface area contributed by atoms with Crippen LogP contribution in [0.1, 0.15) is 27.7 Å². The molecule has 0 aliphatic carbocycles. The van der Waals surface area contributed by atoms with E-state index < -0.39 is 5.60 Å². The number of morpholine rings is 1. The van der Waals surface area contributed by atoms with Gasteiger partial charge in [0, 0.05) is 19.2 Å². The van der Waals surface area contributed by atoms with E-state index in [9.17, 15) is 9.59 Å². The standard InChI is InChI=1S/C16H22ClN3O3/c1-10-8-20(9-16(3,4)23-10)15(22)19-14-7-12(18-11(2)21)5-6-13(14)17/h5-7,10H,8-9H2,1-4H3,(H,18,21)(H,19,22)/t10-/m1/s1. The molecule has 1 fully saturated rings. The van der Waals surface area contributed by atoms with Crippen LogP contribution in [0.3, 0.4) is 0 Å². The second-order valence-electron chi connectivity index (χ2n) is 6.37. The number of nitrogens with zero attached hydrogens (tertiary/aromatic N) is 1. The van der Waals surface area contributed by atoms with Crippen LogP contribution < -0.4 is 10.6 Å².